The molecule has 1 atom stereocenters. The Labute approximate surface area is 107 Å². The number of carboxylic acids is 1. The lowest BCUT2D eigenvalue weighted by atomic mass is 10.0. The van der Waals surface area contributed by atoms with Gasteiger partial charge in [-0.15, -0.1) is 0 Å². The van der Waals surface area contributed by atoms with E-state index in [1.807, 2.05) is 5.32 Å². The van der Waals surface area contributed by atoms with Crippen LogP contribution in [0.4, 0.5) is 18.0 Å². The van der Waals surface area contributed by atoms with E-state index in [2.05, 4.69) is 0 Å². The van der Waals surface area contributed by atoms with Crippen molar-refractivity contribution in [2.45, 2.75) is 49.9 Å². The highest BCUT2D eigenvalue weighted by Crippen LogP contribution is 2.49. The molecule has 19 heavy (non-hydrogen) atoms. The molecule has 1 heterocycles. The van der Waals surface area contributed by atoms with Crippen LogP contribution < -0.4 is 5.32 Å². The number of urea groups is 1. The van der Waals surface area contributed by atoms with E-state index in [-0.39, 0.29) is 25.8 Å². The highest BCUT2D eigenvalue weighted by atomic mass is 19.4. The fourth-order valence-electron chi connectivity index (χ4n) is 2.31. The van der Waals surface area contributed by atoms with Gasteiger partial charge in [0.1, 0.15) is 11.6 Å². The number of hydrogen-bond acceptors (Lipinski definition) is 2. The minimum absolute atomic E-state index is 0.145. The molecule has 1 aliphatic heterocycles. The number of likely N-dealkylation sites (tertiary alicyclic amines) is 1. The fraction of sp³-hybridized carbons (Fsp3) is 0.818. The largest absolute Gasteiger partial charge is 0.480 e. The van der Waals surface area contributed by atoms with E-state index < -0.39 is 29.8 Å². The van der Waals surface area contributed by atoms with Gasteiger partial charge in [0.25, 0.3) is 0 Å². The zero-order valence-electron chi connectivity index (χ0n) is 10.2. The summed E-state index contributed by atoms with van der Waals surface area (Å²) in [4.78, 5) is 23.9. The van der Waals surface area contributed by atoms with Crippen molar-refractivity contribution in [3.05, 3.63) is 0 Å². The molecule has 2 fully saturated rings. The zero-order valence-corrected chi connectivity index (χ0v) is 10.2. The summed E-state index contributed by atoms with van der Waals surface area (Å²) in [7, 11) is 0. The average Bonchev–Trinajstić information content (AvgIpc) is 3.09. The Bertz CT molecular complexity index is 393. The second-order valence-electron chi connectivity index (χ2n) is 5.05. The SMILES string of the molecule is O=C(O)C1CCCCN1C(=O)NC1(C(F)(F)F)CC1. The molecule has 0 aromatic carbocycles. The number of carbonyl (C=O) groups excluding carboxylic acids is 1. The summed E-state index contributed by atoms with van der Waals surface area (Å²) in [6, 6.07) is -1.96. The maximum atomic E-state index is 12.7. The maximum Gasteiger partial charge on any atom is 0.411 e. The van der Waals surface area contributed by atoms with Crippen LogP contribution in [0.25, 0.3) is 0 Å². The van der Waals surface area contributed by atoms with Crippen molar-refractivity contribution >= 4 is 12.0 Å². The topological polar surface area (TPSA) is 69.6 Å². The van der Waals surface area contributed by atoms with Gasteiger partial charge in [-0.3, -0.25) is 0 Å². The summed E-state index contributed by atoms with van der Waals surface area (Å²) in [6.07, 6.45) is -3.23. The number of halogens is 3. The van der Waals surface area contributed by atoms with E-state index in [0.29, 0.717) is 12.8 Å². The first kappa shape index (κ1) is 14.0. The summed E-state index contributed by atoms with van der Waals surface area (Å²) >= 11 is 0. The number of carbonyl (C=O) groups is 2. The van der Waals surface area contributed by atoms with Crippen LogP contribution in [-0.2, 0) is 4.79 Å². The molecular formula is C11H15F3N2O3. The summed E-state index contributed by atoms with van der Waals surface area (Å²) in [5.74, 6) is -1.17. The molecule has 2 rings (SSSR count). The Hall–Kier alpha value is -1.47. The Balaban J connectivity index is 2.05. The quantitative estimate of drug-likeness (QED) is 0.809. The lowest BCUT2D eigenvalue weighted by molar-refractivity contribution is -0.163. The molecule has 0 aromatic heterocycles. The molecule has 0 spiro atoms. The van der Waals surface area contributed by atoms with Crippen LogP contribution in [0, 0.1) is 0 Å². The number of piperidine rings is 1. The highest BCUT2D eigenvalue weighted by Gasteiger charge is 2.64. The number of nitrogens with one attached hydrogen (secondary N) is 1. The molecule has 0 bridgehead atoms. The highest BCUT2D eigenvalue weighted by molar-refractivity contribution is 5.83. The number of amides is 2. The van der Waals surface area contributed by atoms with Crippen LogP contribution in [0.15, 0.2) is 0 Å². The van der Waals surface area contributed by atoms with Gasteiger partial charge in [-0.2, -0.15) is 13.2 Å². The van der Waals surface area contributed by atoms with Gasteiger partial charge >= 0.3 is 18.2 Å². The van der Waals surface area contributed by atoms with Gasteiger partial charge in [-0.1, -0.05) is 0 Å². The lowest BCUT2D eigenvalue weighted by Gasteiger charge is -2.34. The second-order valence-corrected chi connectivity index (χ2v) is 5.05. The third kappa shape index (κ3) is 2.62. The van der Waals surface area contributed by atoms with E-state index >= 15 is 0 Å². The van der Waals surface area contributed by atoms with Crippen molar-refractivity contribution in [2.24, 2.45) is 0 Å². The van der Waals surface area contributed by atoms with Crippen LogP contribution in [0.3, 0.4) is 0 Å². The standard InChI is InChI=1S/C11H15F3N2O3/c12-11(13,14)10(4-5-10)15-9(19)16-6-2-1-3-7(16)8(17)18/h7H,1-6H2,(H,15,19)(H,17,18). The molecule has 1 unspecified atom stereocenters. The van der Waals surface area contributed by atoms with Crippen molar-refractivity contribution in [3.8, 4) is 0 Å². The van der Waals surface area contributed by atoms with Crippen LogP contribution in [0.5, 0.6) is 0 Å². The smallest absolute Gasteiger partial charge is 0.411 e. The van der Waals surface area contributed by atoms with Crippen LogP contribution >= 0.6 is 0 Å². The van der Waals surface area contributed by atoms with Crippen LogP contribution in [0.1, 0.15) is 32.1 Å². The normalized spacial score (nSPS) is 25.8. The summed E-state index contributed by atoms with van der Waals surface area (Å²) in [5, 5.41) is 10.9. The van der Waals surface area contributed by atoms with Crippen LogP contribution in [-0.4, -0.2) is 46.3 Å². The maximum absolute atomic E-state index is 12.7. The molecule has 8 heteroatoms. The molecule has 1 aliphatic carbocycles. The number of carboxylic acid groups (broad SMARTS) is 1. The first-order chi connectivity index (χ1) is 8.77. The summed E-state index contributed by atoms with van der Waals surface area (Å²) in [5.41, 5.74) is -2.15. The van der Waals surface area contributed by atoms with E-state index in [9.17, 15) is 22.8 Å². The first-order valence-corrected chi connectivity index (χ1v) is 6.15. The Morgan fingerprint density at radius 3 is 2.37 bits per heavy atom. The average molecular weight is 280 g/mol. The van der Waals surface area contributed by atoms with Crippen LogP contribution in [0.2, 0.25) is 0 Å². The van der Waals surface area contributed by atoms with Crippen molar-refractivity contribution in [1.29, 1.82) is 0 Å². The number of alkyl halides is 3. The molecule has 1 saturated heterocycles. The van der Waals surface area contributed by atoms with Gasteiger partial charge in [0, 0.05) is 6.54 Å². The molecule has 0 aromatic rings. The van der Waals surface area contributed by atoms with E-state index in [1.165, 1.54) is 0 Å². The summed E-state index contributed by atoms with van der Waals surface area (Å²) < 4.78 is 38.2. The van der Waals surface area contributed by atoms with Gasteiger partial charge in [0.2, 0.25) is 0 Å². The Morgan fingerprint density at radius 2 is 1.89 bits per heavy atom. The first-order valence-electron chi connectivity index (χ1n) is 6.15. The summed E-state index contributed by atoms with van der Waals surface area (Å²) in [6.45, 7) is 0.177. The lowest BCUT2D eigenvalue weighted by Crippen LogP contribution is -2.57. The van der Waals surface area contributed by atoms with E-state index in [4.69, 9.17) is 5.11 Å². The van der Waals surface area contributed by atoms with Crippen molar-refractivity contribution in [2.75, 3.05) is 6.54 Å². The molecule has 1 saturated carbocycles. The van der Waals surface area contributed by atoms with Gasteiger partial charge in [0.15, 0.2) is 0 Å². The minimum Gasteiger partial charge on any atom is -0.480 e. The predicted molar refractivity (Wildman–Crippen MR) is 58.5 cm³/mol. The third-order valence-corrected chi connectivity index (χ3v) is 3.69. The van der Waals surface area contributed by atoms with Crippen molar-refractivity contribution in [3.63, 3.8) is 0 Å². The molecule has 5 nitrogen and oxygen atoms in total. The number of rotatable bonds is 2. The molecule has 2 aliphatic rings. The minimum atomic E-state index is -4.49. The van der Waals surface area contributed by atoms with Gasteiger partial charge < -0.3 is 15.3 Å². The molecule has 2 amide bonds. The molecule has 108 valence electrons. The monoisotopic (exact) mass is 280 g/mol. The van der Waals surface area contributed by atoms with Crippen molar-refractivity contribution < 1.29 is 27.9 Å². The third-order valence-electron chi connectivity index (χ3n) is 3.69. The number of hydrogen-bond donors (Lipinski definition) is 2. The van der Waals surface area contributed by atoms with Gasteiger partial charge in [0.05, 0.1) is 0 Å². The molecular weight excluding hydrogens is 265 g/mol. The predicted octanol–water partition coefficient (Wildman–Crippen LogP) is 1.73. The molecule has 0 radical (unpaired) electrons. The second kappa shape index (κ2) is 4.57. The Morgan fingerprint density at radius 1 is 1.26 bits per heavy atom. The van der Waals surface area contributed by atoms with Gasteiger partial charge in [-0.25, -0.2) is 9.59 Å². The number of aliphatic carboxylic acids is 1. The molecule has 2 N–H and O–H groups in total. The zero-order chi connectivity index (χ0) is 14.3. The van der Waals surface area contributed by atoms with Crippen molar-refractivity contribution in [1.82, 2.24) is 10.2 Å². The Kier molecular flexibility index (Phi) is 3.36. The number of nitrogens with zero attached hydrogens (tertiary/aromatic N) is 1. The van der Waals surface area contributed by atoms with Gasteiger partial charge in [-0.05, 0) is 32.1 Å². The van der Waals surface area contributed by atoms with E-state index in [1.54, 1.807) is 0 Å². The fourth-order valence-corrected chi connectivity index (χ4v) is 2.31. The van der Waals surface area contributed by atoms with E-state index in [0.717, 1.165) is 4.90 Å².